The molecule has 2 rings (SSSR count). The van der Waals surface area contributed by atoms with E-state index >= 15 is 0 Å². The van der Waals surface area contributed by atoms with Crippen LogP contribution < -0.4 is 10.6 Å². The summed E-state index contributed by atoms with van der Waals surface area (Å²) in [5, 5.41) is 0. The zero-order valence-electron chi connectivity index (χ0n) is 9.60. The van der Waals surface area contributed by atoms with Crippen molar-refractivity contribution in [1.82, 2.24) is 4.98 Å². The van der Waals surface area contributed by atoms with Gasteiger partial charge in [-0.25, -0.2) is 9.37 Å². The van der Waals surface area contributed by atoms with E-state index < -0.39 is 0 Å². The van der Waals surface area contributed by atoms with E-state index in [1.807, 2.05) is 30.1 Å². The minimum absolute atomic E-state index is 0.205. The molecular formula is C13H14FN3. The number of nitrogens with two attached hydrogens (primary N) is 1. The standard InChI is InChI=1S/C13H14FN3/c1-17(13-8-4-7-12(15)16-13)9-10-5-2-3-6-11(10)14/h2-8H,9H2,1H3,(H2,15,16). The molecule has 0 saturated carbocycles. The summed E-state index contributed by atoms with van der Waals surface area (Å²) >= 11 is 0. The fraction of sp³-hybridized carbons (Fsp3) is 0.154. The first-order chi connectivity index (χ1) is 8.16. The lowest BCUT2D eigenvalue weighted by molar-refractivity contribution is 0.607. The van der Waals surface area contributed by atoms with E-state index in [-0.39, 0.29) is 5.82 Å². The van der Waals surface area contributed by atoms with Gasteiger partial charge < -0.3 is 10.6 Å². The number of nitrogen functional groups attached to an aromatic ring is 1. The minimum Gasteiger partial charge on any atom is -0.384 e. The third-order valence-electron chi connectivity index (χ3n) is 2.51. The van der Waals surface area contributed by atoms with Crippen LogP contribution in [-0.4, -0.2) is 12.0 Å². The zero-order valence-corrected chi connectivity index (χ0v) is 9.60. The second kappa shape index (κ2) is 4.82. The molecule has 17 heavy (non-hydrogen) atoms. The van der Waals surface area contributed by atoms with Crippen LogP contribution in [0.15, 0.2) is 42.5 Å². The van der Waals surface area contributed by atoms with Gasteiger partial charge in [-0.15, -0.1) is 0 Å². The summed E-state index contributed by atoms with van der Waals surface area (Å²) in [6.45, 7) is 0.461. The van der Waals surface area contributed by atoms with Gasteiger partial charge in [-0.2, -0.15) is 0 Å². The molecular weight excluding hydrogens is 217 g/mol. The van der Waals surface area contributed by atoms with Crippen LogP contribution >= 0.6 is 0 Å². The molecule has 3 nitrogen and oxygen atoms in total. The SMILES string of the molecule is CN(Cc1ccccc1F)c1cccc(N)n1. The molecule has 2 N–H and O–H groups in total. The van der Waals surface area contributed by atoms with E-state index in [1.54, 1.807) is 18.2 Å². The molecule has 0 aliphatic heterocycles. The molecule has 88 valence electrons. The Hall–Kier alpha value is -2.10. The molecule has 0 spiro atoms. The summed E-state index contributed by atoms with van der Waals surface area (Å²) in [4.78, 5) is 6.04. The highest BCUT2D eigenvalue weighted by molar-refractivity contribution is 5.44. The molecule has 0 aliphatic rings. The van der Waals surface area contributed by atoms with Crippen molar-refractivity contribution in [3.05, 3.63) is 53.8 Å². The highest BCUT2D eigenvalue weighted by Crippen LogP contribution is 2.15. The van der Waals surface area contributed by atoms with Gasteiger partial charge >= 0.3 is 0 Å². The Morgan fingerprint density at radius 3 is 2.65 bits per heavy atom. The maximum Gasteiger partial charge on any atom is 0.130 e. The summed E-state index contributed by atoms with van der Waals surface area (Å²) in [6.07, 6.45) is 0. The number of benzene rings is 1. The molecule has 1 aromatic heterocycles. The molecule has 4 heteroatoms. The lowest BCUT2D eigenvalue weighted by Gasteiger charge is -2.18. The summed E-state index contributed by atoms with van der Waals surface area (Å²) in [5.41, 5.74) is 6.25. The predicted octanol–water partition coefficient (Wildman–Crippen LogP) is 2.44. The molecule has 0 saturated heterocycles. The van der Waals surface area contributed by atoms with Crippen molar-refractivity contribution < 1.29 is 4.39 Å². The lowest BCUT2D eigenvalue weighted by atomic mass is 10.2. The van der Waals surface area contributed by atoms with Crippen molar-refractivity contribution in [3.8, 4) is 0 Å². The average molecular weight is 231 g/mol. The largest absolute Gasteiger partial charge is 0.384 e. The van der Waals surface area contributed by atoms with E-state index in [1.165, 1.54) is 6.07 Å². The van der Waals surface area contributed by atoms with Gasteiger partial charge in [0.15, 0.2) is 0 Å². The molecule has 0 bridgehead atoms. The van der Waals surface area contributed by atoms with Gasteiger partial charge in [0.2, 0.25) is 0 Å². The number of hydrogen-bond donors (Lipinski definition) is 1. The fourth-order valence-electron chi connectivity index (χ4n) is 1.62. The van der Waals surface area contributed by atoms with Crippen molar-refractivity contribution in [3.63, 3.8) is 0 Å². The predicted molar refractivity (Wildman–Crippen MR) is 67.2 cm³/mol. The van der Waals surface area contributed by atoms with Gasteiger partial charge in [0.1, 0.15) is 17.5 Å². The van der Waals surface area contributed by atoms with E-state index in [2.05, 4.69) is 4.98 Å². The van der Waals surface area contributed by atoms with Crippen molar-refractivity contribution >= 4 is 11.6 Å². The van der Waals surface area contributed by atoms with Crippen molar-refractivity contribution in [2.75, 3.05) is 17.7 Å². The Morgan fingerprint density at radius 2 is 1.94 bits per heavy atom. The van der Waals surface area contributed by atoms with Crippen LogP contribution in [0.3, 0.4) is 0 Å². The number of halogens is 1. The van der Waals surface area contributed by atoms with Gasteiger partial charge in [0, 0.05) is 19.2 Å². The summed E-state index contributed by atoms with van der Waals surface area (Å²) in [5.74, 6) is 0.986. The second-order valence-electron chi connectivity index (χ2n) is 3.87. The van der Waals surface area contributed by atoms with E-state index in [0.717, 1.165) is 5.82 Å². The van der Waals surface area contributed by atoms with Crippen LogP contribution in [0.5, 0.6) is 0 Å². The number of rotatable bonds is 3. The highest BCUT2D eigenvalue weighted by atomic mass is 19.1. The van der Waals surface area contributed by atoms with Crippen LogP contribution in [0, 0.1) is 5.82 Å². The van der Waals surface area contributed by atoms with Crippen molar-refractivity contribution in [2.45, 2.75) is 6.54 Å². The number of hydrogen-bond acceptors (Lipinski definition) is 3. The monoisotopic (exact) mass is 231 g/mol. The number of anilines is 2. The third kappa shape index (κ3) is 2.72. The van der Waals surface area contributed by atoms with Crippen LogP contribution in [0.4, 0.5) is 16.0 Å². The topological polar surface area (TPSA) is 42.1 Å². The number of nitrogens with zero attached hydrogens (tertiary/aromatic N) is 2. The van der Waals surface area contributed by atoms with E-state index in [0.29, 0.717) is 17.9 Å². The van der Waals surface area contributed by atoms with Crippen molar-refractivity contribution in [2.24, 2.45) is 0 Å². The van der Waals surface area contributed by atoms with Crippen LogP contribution in [0.2, 0.25) is 0 Å². The van der Waals surface area contributed by atoms with Gasteiger partial charge in [-0.1, -0.05) is 24.3 Å². The van der Waals surface area contributed by atoms with Crippen LogP contribution in [-0.2, 0) is 6.54 Å². The quantitative estimate of drug-likeness (QED) is 0.882. The number of aromatic nitrogens is 1. The Labute approximate surface area is 99.7 Å². The Kier molecular flexibility index (Phi) is 3.23. The van der Waals surface area contributed by atoms with Gasteiger partial charge in [0.05, 0.1) is 0 Å². The van der Waals surface area contributed by atoms with Crippen LogP contribution in [0.1, 0.15) is 5.56 Å². The molecule has 1 heterocycles. The first-order valence-electron chi connectivity index (χ1n) is 5.34. The van der Waals surface area contributed by atoms with E-state index in [4.69, 9.17) is 5.73 Å². The summed E-state index contributed by atoms with van der Waals surface area (Å²) in [7, 11) is 1.86. The molecule has 2 aromatic rings. The Morgan fingerprint density at radius 1 is 1.18 bits per heavy atom. The number of pyridine rings is 1. The lowest BCUT2D eigenvalue weighted by Crippen LogP contribution is -2.18. The molecule has 0 aliphatic carbocycles. The summed E-state index contributed by atoms with van der Waals surface area (Å²) in [6, 6.07) is 12.1. The first-order valence-corrected chi connectivity index (χ1v) is 5.34. The normalized spacial score (nSPS) is 10.2. The second-order valence-corrected chi connectivity index (χ2v) is 3.87. The maximum absolute atomic E-state index is 13.5. The zero-order chi connectivity index (χ0) is 12.3. The van der Waals surface area contributed by atoms with Gasteiger partial charge in [0.25, 0.3) is 0 Å². The average Bonchev–Trinajstić information content (AvgIpc) is 2.32. The molecule has 1 aromatic carbocycles. The maximum atomic E-state index is 13.5. The van der Waals surface area contributed by atoms with Gasteiger partial charge in [-0.05, 0) is 18.2 Å². The molecule has 0 atom stereocenters. The third-order valence-corrected chi connectivity index (χ3v) is 2.51. The first kappa shape index (κ1) is 11.4. The Bertz CT molecular complexity index is 514. The molecule has 0 unspecified atom stereocenters. The summed E-state index contributed by atoms with van der Waals surface area (Å²) < 4.78 is 13.5. The van der Waals surface area contributed by atoms with Gasteiger partial charge in [-0.3, -0.25) is 0 Å². The minimum atomic E-state index is -0.205. The van der Waals surface area contributed by atoms with E-state index in [9.17, 15) is 4.39 Å². The molecule has 0 fully saturated rings. The van der Waals surface area contributed by atoms with Crippen molar-refractivity contribution in [1.29, 1.82) is 0 Å². The molecule has 0 amide bonds. The van der Waals surface area contributed by atoms with Crippen LogP contribution in [0.25, 0.3) is 0 Å². The highest BCUT2D eigenvalue weighted by Gasteiger charge is 2.06. The Balaban J connectivity index is 2.17. The fourth-order valence-corrected chi connectivity index (χ4v) is 1.62. The molecule has 0 radical (unpaired) electrons. The smallest absolute Gasteiger partial charge is 0.130 e.